The van der Waals surface area contributed by atoms with Crippen molar-refractivity contribution in [2.75, 3.05) is 11.9 Å². The summed E-state index contributed by atoms with van der Waals surface area (Å²) >= 11 is 5.90. The van der Waals surface area contributed by atoms with E-state index in [1.54, 1.807) is 36.1 Å². The predicted molar refractivity (Wildman–Crippen MR) is 80.1 cm³/mol. The summed E-state index contributed by atoms with van der Waals surface area (Å²) in [5.41, 5.74) is 0.676. The van der Waals surface area contributed by atoms with Crippen LogP contribution in [0, 0.1) is 0 Å². The number of urea groups is 1. The standard InChI is InChI=1S/C15H19ClN2O2/c1-11(19)9-14-7-2-3-8-18(14)15(20)17-13-6-4-5-12(16)10-13/h4-6,10,14H,2-3,7-9H2,1H3,(H,17,20). The van der Waals surface area contributed by atoms with Crippen molar-refractivity contribution < 1.29 is 9.59 Å². The van der Waals surface area contributed by atoms with E-state index in [9.17, 15) is 9.59 Å². The highest BCUT2D eigenvalue weighted by Gasteiger charge is 2.27. The molecule has 1 unspecified atom stereocenters. The van der Waals surface area contributed by atoms with E-state index in [0.29, 0.717) is 23.7 Å². The molecule has 1 aliphatic heterocycles. The van der Waals surface area contributed by atoms with Crippen molar-refractivity contribution in [3.8, 4) is 0 Å². The summed E-state index contributed by atoms with van der Waals surface area (Å²) in [7, 11) is 0. The fourth-order valence-corrected chi connectivity index (χ4v) is 2.76. The molecular weight excluding hydrogens is 276 g/mol. The zero-order valence-electron chi connectivity index (χ0n) is 11.6. The summed E-state index contributed by atoms with van der Waals surface area (Å²) in [5.74, 6) is 0.123. The van der Waals surface area contributed by atoms with Crippen LogP contribution in [-0.4, -0.2) is 29.3 Å². The van der Waals surface area contributed by atoms with Crippen LogP contribution in [0.25, 0.3) is 0 Å². The largest absolute Gasteiger partial charge is 0.322 e. The molecule has 20 heavy (non-hydrogen) atoms. The van der Waals surface area contributed by atoms with Gasteiger partial charge >= 0.3 is 6.03 Å². The smallest absolute Gasteiger partial charge is 0.321 e. The van der Waals surface area contributed by atoms with E-state index in [4.69, 9.17) is 11.6 Å². The molecular formula is C15H19ClN2O2. The summed E-state index contributed by atoms with van der Waals surface area (Å²) in [4.78, 5) is 25.4. The third-order valence-electron chi connectivity index (χ3n) is 3.49. The van der Waals surface area contributed by atoms with Crippen molar-refractivity contribution >= 4 is 29.1 Å². The number of likely N-dealkylation sites (tertiary alicyclic amines) is 1. The average molecular weight is 295 g/mol. The molecule has 108 valence electrons. The zero-order chi connectivity index (χ0) is 14.5. The van der Waals surface area contributed by atoms with Gasteiger partial charge in [0.05, 0.1) is 0 Å². The van der Waals surface area contributed by atoms with Crippen LogP contribution in [0.1, 0.15) is 32.6 Å². The fraction of sp³-hybridized carbons (Fsp3) is 0.467. The summed E-state index contributed by atoms with van der Waals surface area (Å²) < 4.78 is 0. The van der Waals surface area contributed by atoms with Crippen molar-refractivity contribution in [1.82, 2.24) is 4.90 Å². The number of benzene rings is 1. The minimum absolute atomic E-state index is 0.0143. The Balaban J connectivity index is 2.04. The van der Waals surface area contributed by atoms with E-state index in [1.165, 1.54) is 0 Å². The molecule has 0 bridgehead atoms. The van der Waals surface area contributed by atoms with Gasteiger partial charge in [-0.1, -0.05) is 17.7 Å². The predicted octanol–water partition coefficient (Wildman–Crippen LogP) is 3.71. The van der Waals surface area contributed by atoms with Gasteiger partial charge in [0.15, 0.2) is 0 Å². The Morgan fingerprint density at radius 3 is 2.90 bits per heavy atom. The minimum Gasteiger partial charge on any atom is -0.321 e. The molecule has 4 nitrogen and oxygen atoms in total. The number of carbonyl (C=O) groups excluding carboxylic acids is 2. The van der Waals surface area contributed by atoms with Crippen molar-refractivity contribution in [3.05, 3.63) is 29.3 Å². The molecule has 1 aromatic rings. The van der Waals surface area contributed by atoms with E-state index in [2.05, 4.69) is 5.32 Å². The number of hydrogen-bond donors (Lipinski definition) is 1. The van der Waals surface area contributed by atoms with Crippen LogP contribution in [0.5, 0.6) is 0 Å². The highest BCUT2D eigenvalue weighted by atomic mass is 35.5. The van der Waals surface area contributed by atoms with Gasteiger partial charge in [-0.2, -0.15) is 0 Å². The molecule has 1 atom stereocenters. The first-order chi connectivity index (χ1) is 9.56. The quantitative estimate of drug-likeness (QED) is 0.924. The van der Waals surface area contributed by atoms with Crippen LogP contribution in [-0.2, 0) is 4.79 Å². The van der Waals surface area contributed by atoms with E-state index in [0.717, 1.165) is 19.3 Å². The van der Waals surface area contributed by atoms with Crippen LogP contribution in [0.15, 0.2) is 24.3 Å². The molecule has 1 heterocycles. The number of Topliss-reactive ketones (excluding diaryl/α,β-unsaturated/α-hetero) is 1. The highest BCUT2D eigenvalue weighted by Crippen LogP contribution is 2.22. The van der Waals surface area contributed by atoms with Crippen molar-refractivity contribution in [2.45, 2.75) is 38.6 Å². The molecule has 2 rings (SSSR count). The molecule has 1 aromatic carbocycles. The maximum absolute atomic E-state index is 12.3. The number of amides is 2. The highest BCUT2D eigenvalue weighted by molar-refractivity contribution is 6.30. The number of hydrogen-bond acceptors (Lipinski definition) is 2. The number of nitrogens with one attached hydrogen (secondary N) is 1. The number of piperidine rings is 1. The minimum atomic E-state index is -0.154. The van der Waals surface area contributed by atoms with Gasteiger partial charge in [-0.25, -0.2) is 4.79 Å². The Kier molecular flexibility index (Phi) is 5.01. The number of halogens is 1. The van der Waals surface area contributed by atoms with Gasteiger partial charge in [-0.05, 0) is 44.4 Å². The second kappa shape index (κ2) is 6.75. The van der Waals surface area contributed by atoms with Gasteiger partial charge in [0.25, 0.3) is 0 Å². The second-order valence-electron chi connectivity index (χ2n) is 5.19. The Labute approximate surface area is 124 Å². The van der Waals surface area contributed by atoms with Crippen LogP contribution >= 0.6 is 11.6 Å². The Morgan fingerprint density at radius 1 is 1.40 bits per heavy atom. The SMILES string of the molecule is CC(=O)CC1CCCCN1C(=O)Nc1cccc(Cl)c1. The number of ketones is 1. The first kappa shape index (κ1) is 14.9. The van der Waals surface area contributed by atoms with E-state index in [1.807, 2.05) is 0 Å². The average Bonchev–Trinajstić information content (AvgIpc) is 2.38. The van der Waals surface area contributed by atoms with E-state index in [-0.39, 0.29) is 17.9 Å². The third-order valence-corrected chi connectivity index (χ3v) is 3.72. The van der Waals surface area contributed by atoms with Crippen LogP contribution in [0.2, 0.25) is 5.02 Å². The maximum Gasteiger partial charge on any atom is 0.322 e. The Morgan fingerprint density at radius 2 is 2.20 bits per heavy atom. The molecule has 0 radical (unpaired) electrons. The molecule has 0 spiro atoms. The number of rotatable bonds is 3. The van der Waals surface area contributed by atoms with Gasteiger partial charge < -0.3 is 10.2 Å². The summed E-state index contributed by atoms with van der Waals surface area (Å²) in [6.07, 6.45) is 3.38. The van der Waals surface area contributed by atoms with Crippen molar-refractivity contribution in [3.63, 3.8) is 0 Å². The lowest BCUT2D eigenvalue weighted by Crippen LogP contribution is -2.46. The van der Waals surface area contributed by atoms with Crippen molar-refractivity contribution in [2.24, 2.45) is 0 Å². The number of nitrogens with zero attached hydrogens (tertiary/aromatic N) is 1. The van der Waals surface area contributed by atoms with Crippen LogP contribution < -0.4 is 5.32 Å². The number of anilines is 1. The summed E-state index contributed by atoms with van der Waals surface area (Å²) in [6, 6.07) is 6.92. The van der Waals surface area contributed by atoms with Crippen LogP contribution in [0.4, 0.5) is 10.5 Å². The van der Waals surface area contributed by atoms with Crippen LogP contribution in [0.3, 0.4) is 0 Å². The van der Waals surface area contributed by atoms with Crippen molar-refractivity contribution in [1.29, 1.82) is 0 Å². The fourth-order valence-electron chi connectivity index (χ4n) is 2.57. The lowest BCUT2D eigenvalue weighted by Gasteiger charge is -2.35. The first-order valence-corrected chi connectivity index (χ1v) is 7.26. The Bertz CT molecular complexity index is 504. The number of carbonyl (C=O) groups is 2. The van der Waals surface area contributed by atoms with Gasteiger partial charge in [-0.15, -0.1) is 0 Å². The van der Waals surface area contributed by atoms with Gasteiger partial charge in [0.1, 0.15) is 5.78 Å². The monoisotopic (exact) mass is 294 g/mol. The second-order valence-corrected chi connectivity index (χ2v) is 5.63. The van der Waals surface area contributed by atoms with Gasteiger partial charge in [0, 0.05) is 29.7 Å². The lowest BCUT2D eigenvalue weighted by atomic mass is 9.98. The first-order valence-electron chi connectivity index (χ1n) is 6.89. The molecule has 0 aromatic heterocycles. The van der Waals surface area contributed by atoms with Gasteiger partial charge in [0.2, 0.25) is 0 Å². The normalized spacial score (nSPS) is 18.7. The molecule has 1 aliphatic rings. The summed E-state index contributed by atoms with van der Waals surface area (Å²) in [6.45, 7) is 2.27. The maximum atomic E-state index is 12.3. The topological polar surface area (TPSA) is 49.4 Å². The molecule has 1 fully saturated rings. The van der Waals surface area contributed by atoms with E-state index < -0.39 is 0 Å². The zero-order valence-corrected chi connectivity index (χ0v) is 12.3. The molecule has 2 amide bonds. The summed E-state index contributed by atoms with van der Waals surface area (Å²) in [5, 5.41) is 3.43. The molecule has 1 N–H and O–H groups in total. The molecule has 5 heteroatoms. The molecule has 0 aliphatic carbocycles. The lowest BCUT2D eigenvalue weighted by molar-refractivity contribution is -0.118. The van der Waals surface area contributed by atoms with Gasteiger partial charge in [-0.3, -0.25) is 4.79 Å². The molecule has 1 saturated heterocycles. The Hall–Kier alpha value is -1.55. The third kappa shape index (κ3) is 3.97. The molecule has 0 saturated carbocycles. The van der Waals surface area contributed by atoms with E-state index >= 15 is 0 Å².